The van der Waals surface area contributed by atoms with Crippen molar-refractivity contribution in [3.05, 3.63) is 28.8 Å². The number of hydrogen-bond donors (Lipinski definition) is 1. The smallest absolute Gasteiger partial charge is 0.0642 e. The molecule has 1 fully saturated rings. The van der Waals surface area contributed by atoms with Crippen molar-refractivity contribution in [3.63, 3.8) is 0 Å². The molecule has 1 N–H and O–H groups in total. The predicted molar refractivity (Wildman–Crippen MR) is 84.2 cm³/mol. The van der Waals surface area contributed by atoms with Crippen molar-refractivity contribution in [2.45, 2.75) is 46.7 Å². The molecule has 0 aromatic heterocycles. The number of anilines is 1. The van der Waals surface area contributed by atoms with Crippen molar-refractivity contribution < 1.29 is 0 Å². The Bertz CT molecular complexity index is 451. The molecule has 1 aliphatic heterocycles. The lowest BCUT2D eigenvalue weighted by atomic mass is 9.84. The molecule has 1 heterocycles. The highest BCUT2D eigenvalue weighted by Crippen LogP contribution is 2.32. The van der Waals surface area contributed by atoms with Crippen LogP contribution in [0.4, 0.5) is 5.69 Å². The molecule has 2 rings (SSSR count). The number of piperazine rings is 1. The summed E-state index contributed by atoms with van der Waals surface area (Å²) in [6, 6.07) is 7.30. The van der Waals surface area contributed by atoms with Crippen LogP contribution in [-0.2, 0) is 0 Å². The third-order valence-corrected chi connectivity index (χ3v) is 4.33. The molecule has 1 aliphatic rings. The van der Waals surface area contributed by atoms with Gasteiger partial charge in [-0.05, 0) is 37.0 Å². The van der Waals surface area contributed by atoms with E-state index in [-0.39, 0.29) is 5.41 Å². The number of hydrogen-bond acceptors (Lipinski definition) is 2. The van der Waals surface area contributed by atoms with Gasteiger partial charge in [0.1, 0.15) is 0 Å². The molecule has 1 saturated heterocycles. The van der Waals surface area contributed by atoms with Crippen molar-refractivity contribution in [3.8, 4) is 0 Å². The molecule has 3 heteroatoms. The number of benzene rings is 1. The van der Waals surface area contributed by atoms with E-state index >= 15 is 0 Å². The summed E-state index contributed by atoms with van der Waals surface area (Å²) in [6.45, 7) is 13.2. The van der Waals surface area contributed by atoms with Crippen LogP contribution in [0.2, 0.25) is 5.02 Å². The van der Waals surface area contributed by atoms with Crippen LogP contribution in [-0.4, -0.2) is 25.2 Å². The zero-order chi connectivity index (χ0) is 14.2. The normalized spacial score (nSPS) is 24.6. The zero-order valence-corrected chi connectivity index (χ0v) is 13.4. The van der Waals surface area contributed by atoms with E-state index in [1.165, 1.54) is 5.56 Å². The fourth-order valence-corrected chi connectivity index (χ4v) is 2.97. The Morgan fingerprint density at radius 1 is 1.32 bits per heavy atom. The lowest BCUT2D eigenvalue weighted by Crippen LogP contribution is -2.59. The molecule has 0 amide bonds. The summed E-state index contributed by atoms with van der Waals surface area (Å²) in [4.78, 5) is 2.44. The number of rotatable bonds is 1. The standard InChI is InChI=1S/C16H25ClN2/c1-11-6-7-14(13(17)8-11)19-10-15(16(3,4)5)18-9-12(19)2/h6-8,12,15,18H,9-10H2,1-5H3. The maximum absolute atomic E-state index is 6.43. The van der Waals surface area contributed by atoms with Crippen LogP contribution in [0.5, 0.6) is 0 Å². The molecule has 0 spiro atoms. The van der Waals surface area contributed by atoms with Crippen LogP contribution in [0.3, 0.4) is 0 Å². The molecular weight excluding hydrogens is 256 g/mol. The first kappa shape index (κ1) is 14.7. The number of halogens is 1. The third-order valence-electron chi connectivity index (χ3n) is 4.03. The van der Waals surface area contributed by atoms with Crippen LogP contribution in [0.1, 0.15) is 33.3 Å². The van der Waals surface area contributed by atoms with Crippen molar-refractivity contribution in [2.75, 3.05) is 18.0 Å². The highest BCUT2D eigenvalue weighted by Gasteiger charge is 2.33. The van der Waals surface area contributed by atoms with Gasteiger partial charge < -0.3 is 10.2 Å². The van der Waals surface area contributed by atoms with E-state index in [1.807, 2.05) is 0 Å². The molecule has 19 heavy (non-hydrogen) atoms. The monoisotopic (exact) mass is 280 g/mol. The molecule has 1 aromatic rings. The summed E-state index contributed by atoms with van der Waals surface area (Å²) in [6.07, 6.45) is 0. The predicted octanol–water partition coefficient (Wildman–Crippen LogP) is 3.86. The molecule has 106 valence electrons. The van der Waals surface area contributed by atoms with Crippen molar-refractivity contribution in [2.24, 2.45) is 5.41 Å². The van der Waals surface area contributed by atoms with Gasteiger partial charge >= 0.3 is 0 Å². The van der Waals surface area contributed by atoms with E-state index in [1.54, 1.807) is 0 Å². The molecule has 0 bridgehead atoms. The number of nitrogens with one attached hydrogen (secondary N) is 1. The van der Waals surface area contributed by atoms with Crippen molar-refractivity contribution >= 4 is 17.3 Å². The Labute approximate surface area is 122 Å². The lowest BCUT2D eigenvalue weighted by molar-refractivity contribution is 0.239. The van der Waals surface area contributed by atoms with Gasteiger partial charge in [-0.3, -0.25) is 0 Å². The summed E-state index contributed by atoms with van der Waals surface area (Å²) in [7, 11) is 0. The largest absolute Gasteiger partial charge is 0.365 e. The van der Waals surface area contributed by atoms with Crippen molar-refractivity contribution in [1.29, 1.82) is 0 Å². The highest BCUT2D eigenvalue weighted by molar-refractivity contribution is 6.33. The fraction of sp³-hybridized carbons (Fsp3) is 0.625. The maximum Gasteiger partial charge on any atom is 0.0642 e. The average molecular weight is 281 g/mol. The van der Waals surface area contributed by atoms with Crippen molar-refractivity contribution in [1.82, 2.24) is 5.32 Å². The lowest BCUT2D eigenvalue weighted by Gasteiger charge is -2.45. The Hall–Kier alpha value is -0.730. The third kappa shape index (κ3) is 3.24. The summed E-state index contributed by atoms with van der Waals surface area (Å²) in [5.74, 6) is 0. The van der Waals surface area contributed by atoms with Gasteiger partial charge in [0.05, 0.1) is 10.7 Å². The fourth-order valence-electron chi connectivity index (χ4n) is 2.62. The first-order valence-electron chi connectivity index (χ1n) is 7.05. The summed E-state index contributed by atoms with van der Waals surface area (Å²) >= 11 is 6.43. The van der Waals surface area contributed by atoms with Gasteiger partial charge in [-0.2, -0.15) is 0 Å². The number of nitrogens with zero attached hydrogens (tertiary/aromatic N) is 1. The Balaban J connectivity index is 2.26. The van der Waals surface area contributed by atoms with E-state index in [4.69, 9.17) is 11.6 Å². The van der Waals surface area contributed by atoms with Crippen LogP contribution >= 0.6 is 11.6 Å². The van der Waals surface area contributed by atoms with Crippen LogP contribution < -0.4 is 10.2 Å². The second-order valence-electron chi connectivity index (χ2n) is 6.78. The van der Waals surface area contributed by atoms with Gasteiger partial charge in [-0.15, -0.1) is 0 Å². The minimum atomic E-state index is 0.259. The van der Waals surface area contributed by atoms with Gasteiger partial charge in [0.2, 0.25) is 0 Å². The van der Waals surface area contributed by atoms with Gasteiger partial charge in [0.25, 0.3) is 0 Å². The first-order chi connectivity index (χ1) is 8.79. The summed E-state index contributed by atoms with van der Waals surface area (Å²) < 4.78 is 0. The molecular formula is C16H25ClN2. The quantitative estimate of drug-likeness (QED) is 0.840. The molecule has 1 aromatic carbocycles. The topological polar surface area (TPSA) is 15.3 Å². The van der Waals surface area contributed by atoms with Gasteiger partial charge in [0, 0.05) is 25.2 Å². The molecule has 2 unspecified atom stereocenters. The Kier molecular flexibility index (Phi) is 4.12. The molecule has 0 aliphatic carbocycles. The van der Waals surface area contributed by atoms with Crippen LogP contribution in [0.15, 0.2) is 18.2 Å². The summed E-state index contributed by atoms with van der Waals surface area (Å²) in [5, 5.41) is 4.52. The molecule has 0 radical (unpaired) electrons. The van der Waals surface area contributed by atoms with Crippen LogP contribution in [0.25, 0.3) is 0 Å². The van der Waals surface area contributed by atoms with E-state index in [2.05, 4.69) is 63.0 Å². The van der Waals surface area contributed by atoms with Gasteiger partial charge in [0.15, 0.2) is 0 Å². The van der Waals surface area contributed by atoms with E-state index in [9.17, 15) is 0 Å². The summed E-state index contributed by atoms with van der Waals surface area (Å²) in [5.41, 5.74) is 2.63. The zero-order valence-electron chi connectivity index (χ0n) is 12.6. The van der Waals surface area contributed by atoms with E-state index in [0.717, 1.165) is 23.8 Å². The van der Waals surface area contributed by atoms with E-state index in [0.29, 0.717) is 12.1 Å². The highest BCUT2D eigenvalue weighted by atomic mass is 35.5. The van der Waals surface area contributed by atoms with Gasteiger partial charge in [-0.1, -0.05) is 38.4 Å². The Morgan fingerprint density at radius 3 is 2.58 bits per heavy atom. The van der Waals surface area contributed by atoms with E-state index < -0.39 is 0 Å². The molecule has 2 atom stereocenters. The maximum atomic E-state index is 6.43. The minimum Gasteiger partial charge on any atom is -0.365 e. The van der Waals surface area contributed by atoms with Gasteiger partial charge in [-0.25, -0.2) is 0 Å². The minimum absolute atomic E-state index is 0.259. The second kappa shape index (κ2) is 5.34. The Morgan fingerprint density at radius 2 is 2.00 bits per heavy atom. The molecule has 2 nitrogen and oxygen atoms in total. The first-order valence-corrected chi connectivity index (χ1v) is 7.43. The molecule has 0 saturated carbocycles. The number of aryl methyl sites for hydroxylation is 1. The average Bonchev–Trinajstić information content (AvgIpc) is 2.29. The SMILES string of the molecule is Cc1ccc(N2CC(C(C)(C)C)NCC2C)c(Cl)c1. The second-order valence-corrected chi connectivity index (χ2v) is 7.19. The van der Waals surface area contributed by atoms with Crippen LogP contribution in [0, 0.1) is 12.3 Å².